The minimum Gasteiger partial charge on any atom is -0.486 e. The van der Waals surface area contributed by atoms with Gasteiger partial charge in [-0.15, -0.1) is 0 Å². The number of hydrogen-bond donors (Lipinski definition) is 1. The molecule has 0 saturated heterocycles. The van der Waals surface area contributed by atoms with E-state index in [1.54, 1.807) is 0 Å². The molecule has 1 aromatic rings. The Hall–Kier alpha value is -1.18. The summed E-state index contributed by atoms with van der Waals surface area (Å²) >= 11 is 0. The molecule has 0 amide bonds. The molecule has 1 N–H and O–H groups in total. The van der Waals surface area contributed by atoms with E-state index in [1.807, 2.05) is 6.07 Å². The fourth-order valence-corrected chi connectivity index (χ4v) is 1.90. The van der Waals surface area contributed by atoms with Crippen molar-refractivity contribution in [2.24, 2.45) is 0 Å². The van der Waals surface area contributed by atoms with Gasteiger partial charge in [0.1, 0.15) is 11.9 Å². The molecule has 2 heteroatoms. The first kappa shape index (κ1) is 9.38. The van der Waals surface area contributed by atoms with Gasteiger partial charge in [0, 0.05) is 0 Å². The van der Waals surface area contributed by atoms with Crippen molar-refractivity contribution < 1.29 is 4.74 Å². The summed E-state index contributed by atoms with van der Waals surface area (Å²) in [6.07, 6.45) is 1.34. The van der Waals surface area contributed by atoms with Gasteiger partial charge < -0.3 is 10.1 Å². The molecular formula is C12H17NO. The number of benzene rings is 1. The minimum atomic E-state index is 0.296. The summed E-state index contributed by atoms with van der Waals surface area (Å²) in [7, 11) is 0. The summed E-state index contributed by atoms with van der Waals surface area (Å²) in [5, 5.41) is 3.48. The molecular weight excluding hydrogens is 174 g/mol. The molecule has 1 aliphatic heterocycles. The molecule has 2 unspecified atom stereocenters. The van der Waals surface area contributed by atoms with Gasteiger partial charge >= 0.3 is 0 Å². The third-order valence-electron chi connectivity index (χ3n) is 2.76. The topological polar surface area (TPSA) is 21.3 Å². The first-order valence-electron chi connectivity index (χ1n) is 5.24. The Morgan fingerprint density at radius 1 is 1.43 bits per heavy atom. The van der Waals surface area contributed by atoms with E-state index in [0.29, 0.717) is 12.1 Å². The second kappa shape index (κ2) is 3.52. The zero-order chi connectivity index (χ0) is 10.1. The van der Waals surface area contributed by atoms with Crippen LogP contribution in [0.2, 0.25) is 0 Å². The largest absolute Gasteiger partial charge is 0.486 e. The van der Waals surface area contributed by atoms with Gasteiger partial charge in [-0.25, -0.2) is 0 Å². The van der Waals surface area contributed by atoms with Crippen LogP contribution in [0.4, 0.5) is 5.69 Å². The molecule has 0 bridgehead atoms. The van der Waals surface area contributed by atoms with Crippen LogP contribution in [-0.2, 0) is 0 Å². The van der Waals surface area contributed by atoms with E-state index in [2.05, 4.69) is 38.2 Å². The van der Waals surface area contributed by atoms with Crippen molar-refractivity contribution in [1.29, 1.82) is 0 Å². The maximum absolute atomic E-state index is 5.89. The Labute approximate surface area is 85.3 Å². The molecule has 0 fully saturated rings. The van der Waals surface area contributed by atoms with E-state index in [4.69, 9.17) is 4.74 Å². The smallest absolute Gasteiger partial charge is 0.142 e. The van der Waals surface area contributed by atoms with Crippen LogP contribution in [0.15, 0.2) is 18.2 Å². The zero-order valence-corrected chi connectivity index (χ0v) is 9.00. The lowest BCUT2D eigenvalue weighted by Crippen LogP contribution is -2.38. The third-order valence-corrected chi connectivity index (χ3v) is 2.76. The van der Waals surface area contributed by atoms with Gasteiger partial charge in [0.2, 0.25) is 0 Å². The number of fused-ring (bicyclic) bond motifs is 1. The minimum absolute atomic E-state index is 0.296. The summed E-state index contributed by atoms with van der Waals surface area (Å²) in [5.74, 6) is 0.987. The maximum Gasteiger partial charge on any atom is 0.142 e. The molecule has 0 saturated carbocycles. The number of anilines is 1. The molecule has 1 aliphatic rings. The highest BCUT2D eigenvalue weighted by Gasteiger charge is 2.24. The molecule has 2 rings (SSSR count). The Kier molecular flexibility index (Phi) is 2.36. The molecule has 0 spiro atoms. The van der Waals surface area contributed by atoms with Crippen LogP contribution in [-0.4, -0.2) is 12.1 Å². The van der Waals surface area contributed by atoms with Crippen LogP contribution in [0.25, 0.3) is 0 Å². The molecule has 76 valence electrons. The van der Waals surface area contributed by atoms with Gasteiger partial charge in [0.15, 0.2) is 0 Å². The molecule has 0 radical (unpaired) electrons. The van der Waals surface area contributed by atoms with Crippen molar-refractivity contribution in [3.05, 3.63) is 23.8 Å². The summed E-state index contributed by atoms with van der Waals surface area (Å²) in [5.41, 5.74) is 2.39. The summed E-state index contributed by atoms with van der Waals surface area (Å²) < 4.78 is 5.89. The lowest BCUT2D eigenvalue weighted by Gasteiger charge is -2.32. The zero-order valence-electron chi connectivity index (χ0n) is 9.00. The number of rotatable bonds is 1. The lowest BCUT2D eigenvalue weighted by molar-refractivity contribution is 0.170. The first-order valence-corrected chi connectivity index (χ1v) is 5.24. The molecule has 2 atom stereocenters. The SMILES string of the molecule is CCC1Oc2ccc(C)cc2NC1C. The Bertz CT molecular complexity index is 335. The van der Waals surface area contributed by atoms with Crippen LogP contribution in [0.3, 0.4) is 0 Å². The second-order valence-electron chi connectivity index (χ2n) is 4.00. The van der Waals surface area contributed by atoms with Gasteiger partial charge in [-0.2, -0.15) is 0 Å². The number of nitrogens with one attached hydrogen (secondary N) is 1. The fourth-order valence-electron chi connectivity index (χ4n) is 1.90. The average Bonchev–Trinajstić information content (AvgIpc) is 2.16. The Morgan fingerprint density at radius 2 is 2.21 bits per heavy atom. The fraction of sp³-hybridized carbons (Fsp3) is 0.500. The standard InChI is InChI=1S/C12H17NO/c1-4-11-9(3)13-10-7-8(2)5-6-12(10)14-11/h5-7,9,11,13H,4H2,1-3H3. The van der Waals surface area contributed by atoms with Crippen molar-refractivity contribution in [1.82, 2.24) is 0 Å². The highest BCUT2D eigenvalue weighted by atomic mass is 16.5. The van der Waals surface area contributed by atoms with Gasteiger partial charge in [-0.05, 0) is 38.0 Å². The van der Waals surface area contributed by atoms with Gasteiger partial charge in [0.25, 0.3) is 0 Å². The molecule has 2 nitrogen and oxygen atoms in total. The van der Waals surface area contributed by atoms with Crippen LogP contribution in [0, 0.1) is 6.92 Å². The quantitative estimate of drug-likeness (QED) is 0.736. The summed E-state index contributed by atoms with van der Waals surface area (Å²) in [6, 6.07) is 6.67. The van der Waals surface area contributed by atoms with E-state index in [1.165, 1.54) is 5.56 Å². The Morgan fingerprint density at radius 3 is 2.93 bits per heavy atom. The summed E-state index contributed by atoms with van der Waals surface area (Å²) in [6.45, 7) is 6.42. The third kappa shape index (κ3) is 1.57. The van der Waals surface area contributed by atoms with Crippen molar-refractivity contribution >= 4 is 5.69 Å². The normalized spacial score (nSPS) is 24.8. The van der Waals surface area contributed by atoms with E-state index >= 15 is 0 Å². The second-order valence-corrected chi connectivity index (χ2v) is 4.00. The lowest BCUT2D eigenvalue weighted by atomic mass is 10.1. The first-order chi connectivity index (χ1) is 6.70. The highest BCUT2D eigenvalue weighted by Crippen LogP contribution is 2.32. The number of hydrogen-bond acceptors (Lipinski definition) is 2. The predicted octanol–water partition coefficient (Wildman–Crippen LogP) is 2.97. The van der Waals surface area contributed by atoms with Gasteiger partial charge in [-0.1, -0.05) is 13.0 Å². The monoisotopic (exact) mass is 191 g/mol. The van der Waals surface area contributed by atoms with Crippen LogP contribution < -0.4 is 10.1 Å². The van der Waals surface area contributed by atoms with Crippen LogP contribution in [0.1, 0.15) is 25.8 Å². The number of ether oxygens (including phenoxy) is 1. The van der Waals surface area contributed by atoms with Gasteiger partial charge in [-0.3, -0.25) is 0 Å². The molecule has 0 aromatic heterocycles. The van der Waals surface area contributed by atoms with Crippen molar-refractivity contribution in [2.45, 2.75) is 39.3 Å². The molecule has 1 heterocycles. The van der Waals surface area contributed by atoms with Crippen molar-refractivity contribution in [3.8, 4) is 5.75 Å². The highest BCUT2D eigenvalue weighted by molar-refractivity contribution is 5.60. The van der Waals surface area contributed by atoms with E-state index in [0.717, 1.165) is 17.9 Å². The van der Waals surface area contributed by atoms with Gasteiger partial charge in [0.05, 0.1) is 11.7 Å². The van der Waals surface area contributed by atoms with Crippen LogP contribution >= 0.6 is 0 Å². The van der Waals surface area contributed by atoms with Crippen molar-refractivity contribution in [3.63, 3.8) is 0 Å². The molecule has 1 aromatic carbocycles. The van der Waals surface area contributed by atoms with E-state index < -0.39 is 0 Å². The molecule has 0 aliphatic carbocycles. The van der Waals surface area contributed by atoms with Crippen LogP contribution in [0.5, 0.6) is 5.75 Å². The van der Waals surface area contributed by atoms with Crippen molar-refractivity contribution in [2.75, 3.05) is 5.32 Å². The summed E-state index contributed by atoms with van der Waals surface area (Å²) in [4.78, 5) is 0. The Balaban J connectivity index is 2.30. The van der Waals surface area contributed by atoms with E-state index in [-0.39, 0.29) is 0 Å². The predicted molar refractivity (Wildman–Crippen MR) is 59.0 cm³/mol. The molecule has 14 heavy (non-hydrogen) atoms. The maximum atomic E-state index is 5.89. The average molecular weight is 191 g/mol. The van der Waals surface area contributed by atoms with E-state index in [9.17, 15) is 0 Å². The number of aryl methyl sites for hydroxylation is 1.